The van der Waals surface area contributed by atoms with Crippen molar-refractivity contribution in [3.05, 3.63) is 75.6 Å². The van der Waals surface area contributed by atoms with E-state index in [9.17, 15) is 4.79 Å². The van der Waals surface area contributed by atoms with Gasteiger partial charge in [-0.2, -0.15) is 0 Å². The Hall–Kier alpha value is -2.04. The molecule has 0 N–H and O–H groups in total. The fourth-order valence-corrected chi connectivity index (χ4v) is 3.42. The maximum absolute atomic E-state index is 11.9. The van der Waals surface area contributed by atoms with Gasteiger partial charge in [-0.1, -0.05) is 31.2 Å². The highest BCUT2D eigenvalue weighted by molar-refractivity contribution is 7.98. The number of fused-ring (bicyclic) bond motifs is 1. The summed E-state index contributed by atoms with van der Waals surface area (Å²) in [6.07, 6.45) is 3.01. The zero-order valence-electron chi connectivity index (χ0n) is 14.9. The van der Waals surface area contributed by atoms with Gasteiger partial charge in [0.05, 0.1) is 0 Å². The van der Waals surface area contributed by atoms with Crippen LogP contribution in [0.2, 0.25) is 0 Å². The lowest BCUT2D eigenvalue weighted by molar-refractivity contribution is 0.319. The molecular formula is C21H23NO2S. The second-order valence-electron chi connectivity index (χ2n) is 6.30. The van der Waals surface area contributed by atoms with Crippen molar-refractivity contribution >= 4 is 22.7 Å². The van der Waals surface area contributed by atoms with E-state index in [4.69, 9.17) is 4.42 Å². The van der Waals surface area contributed by atoms with Gasteiger partial charge >= 0.3 is 5.63 Å². The Balaban J connectivity index is 1.82. The van der Waals surface area contributed by atoms with Crippen LogP contribution >= 0.6 is 11.8 Å². The van der Waals surface area contributed by atoms with Gasteiger partial charge < -0.3 is 4.42 Å². The zero-order chi connectivity index (χ0) is 17.8. The molecule has 0 atom stereocenters. The van der Waals surface area contributed by atoms with Crippen molar-refractivity contribution < 1.29 is 4.42 Å². The molecule has 0 fully saturated rings. The first kappa shape index (κ1) is 17.8. The smallest absolute Gasteiger partial charge is 0.336 e. The third-order valence-corrected chi connectivity index (χ3v) is 5.10. The largest absolute Gasteiger partial charge is 0.423 e. The molecule has 0 radical (unpaired) electrons. The average molecular weight is 353 g/mol. The summed E-state index contributed by atoms with van der Waals surface area (Å²) in [6, 6.07) is 16.4. The van der Waals surface area contributed by atoms with Gasteiger partial charge in [-0.3, -0.25) is 4.90 Å². The van der Waals surface area contributed by atoms with Gasteiger partial charge in [-0.25, -0.2) is 4.79 Å². The van der Waals surface area contributed by atoms with Gasteiger partial charge in [0.2, 0.25) is 0 Å². The average Bonchev–Trinajstić information content (AvgIpc) is 2.61. The van der Waals surface area contributed by atoms with E-state index in [2.05, 4.69) is 61.5 Å². The highest BCUT2D eigenvalue weighted by atomic mass is 32.2. The Bertz CT molecular complexity index is 915. The minimum absolute atomic E-state index is 0.284. The van der Waals surface area contributed by atoms with E-state index in [0.29, 0.717) is 12.1 Å². The highest BCUT2D eigenvalue weighted by Gasteiger charge is 2.09. The van der Waals surface area contributed by atoms with Crippen molar-refractivity contribution in [1.82, 2.24) is 4.90 Å². The van der Waals surface area contributed by atoms with Gasteiger partial charge in [0.15, 0.2) is 0 Å². The van der Waals surface area contributed by atoms with Crippen LogP contribution in [0.3, 0.4) is 0 Å². The normalized spacial score (nSPS) is 11.4. The molecule has 0 aliphatic rings. The summed E-state index contributed by atoms with van der Waals surface area (Å²) in [7, 11) is 2.07. The van der Waals surface area contributed by atoms with Crippen LogP contribution in [-0.2, 0) is 19.5 Å². The second-order valence-corrected chi connectivity index (χ2v) is 7.17. The molecule has 0 spiro atoms. The van der Waals surface area contributed by atoms with Gasteiger partial charge in [0.25, 0.3) is 0 Å². The Kier molecular flexibility index (Phi) is 5.61. The number of hydrogen-bond donors (Lipinski definition) is 0. The molecule has 0 saturated heterocycles. The third-order valence-electron chi connectivity index (χ3n) is 4.35. The van der Waals surface area contributed by atoms with Gasteiger partial charge in [0.1, 0.15) is 5.58 Å². The molecule has 0 aliphatic heterocycles. The van der Waals surface area contributed by atoms with Crippen molar-refractivity contribution in [2.75, 3.05) is 13.3 Å². The molecule has 0 amide bonds. The van der Waals surface area contributed by atoms with E-state index >= 15 is 0 Å². The first-order valence-electron chi connectivity index (χ1n) is 8.46. The molecule has 3 aromatic rings. The second kappa shape index (κ2) is 7.89. The molecule has 1 heterocycles. The molecule has 0 unspecified atom stereocenters. The number of rotatable bonds is 6. The number of nitrogens with zero attached hydrogens (tertiary/aromatic N) is 1. The molecule has 0 saturated carbocycles. The molecule has 3 rings (SSSR count). The third kappa shape index (κ3) is 4.33. The Labute approximate surface area is 152 Å². The summed E-state index contributed by atoms with van der Waals surface area (Å²) in [5.74, 6) is 0. The molecule has 2 aromatic carbocycles. The lowest BCUT2D eigenvalue weighted by Crippen LogP contribution is -2.18. The SMILES string of the molecule is CCc1ccc2c(CN(C)Cc3ccc(SC)cc3)cc(=O)oc2c1. The van der Waals surface area contributed by atoms with Crippen molar-refractivity contribution in [3.63, 3.8) is 0 Å². The van der Waals surface area contributed by atoms with Crippen molar-refractivity contribution in [1.29, 1.82) is 0 Å². The van der Waals surface area contributed by atoms with Crippen LogP contribution in [0.15, 0.2) is 62.6 Å². The molecule has 0 bridgehead atoms. The standard InChI is InChI=1S/C21H23NO2S/c1-4-15-7-10-19-17(12-21(23)24-20(19)11-15)14-22(2)13-16-5-8-18(25-3)9-6-16/h5-12H,4,13-14H2,1-3H3. The Morgan fingerprint density at radius 1 is 1.00 bits per heavy atom. The van der Waals surface area contributed by atoms with Crippen molar-refractivity contribution in [2.24, 2.45) is 0 Å². The maximum atomic E-state index is 11.9. The number of aryl methyl sites for hydroxylation is 1. The van der Waals surface area contributed by atoms with Crippen LogP contribution in [-0.4, -0.2) is 18.2 Å². The van der Waals surface area contributed by atoms with E-state index in [1.807, 2.05) is 6.07 Å². The fourth-order valence-electron chi connectivity index (χ4n) is 3.01. The molecule has 3 nitrogen and oxygen atoms in total. The van der Waals surface area contributed by atoms with Crippen LogP contribution in [0.5, 0.6) is 0 Å². The minimum Gasteiger partial charge on any atom is -0.423 e. The van der Waals surface area contributed by atoms with E-state index in [-0.39, 0.29) is 5.63 Å². The Morgan fingerprint density at radius 2 is 1.72 bits per heavy atom. The van der Waals surface area contributed by atoms with E-state index in [0.717, 1.165) is 23.9 Å². The summed E-state index contributed by atoms with van der Waals surface area (Å²) in [4.78, 5) is 15.4. The molecule has 4 heteroatoms. The number of thioether (sulfide) groups is 1. The van der Waals surface area contributed by atoms with Crippen LogP contribution in [0.25, 0.3) is 11.0 Å². The lowest BCUT2D eigenvalue weighted by atomic mass is 10.1. The van der Waals surface area contributed by atoms with Crippen LogP contribution in [0.4, 0.5) is 0 Å². The van der Waals surface area contributed by atoms with Crippen LogP contribution in [0.1, 0.15) is 23.6 Å². The predicted molar refractivity (Wildman–Crippen MR) is 105 cm³/mol. The quantitative estimate of drug-likeness (QED) is 0.475. The maximum Gasteiger partial charge on any atom is 0.336 e. The molecule has 25 heavy (non-hydrogen) atoms. The van der Waals surface area contributed by atoms with Gasteiger partial charge in [0, 0.05) is 29.4 Å². The molecule has 1 aromatic heterocycles. The minimum atomic E-state index is -0.284. The number of hydrogen-bond acceptors (Lipinski definition) is 4. The number of benzene rings is 2. The van der Waals surface area contributed by atoms with Crippen molar-refractivity contribution in [2.45, 2.75) is 31.3 Å². The summed E-state index contributed by atoms with van der Waals surface area (Å²) >= 11 is 1.75. The van der Waals surface area contributed by atoms with Crippen LogP contribution in [0, 0.1) is 0 Å². The highest BCUT2D eigenvalue weighted by Crippen LogP contribution is 2.21. The zero-order valence-corrected chi connectivity index (χ0v) is 15.7. The van der Waals surface area contributed by atoms with E-state index < -0.39 is 0 Å². The summed E-state index contributed by atoms with van der Waals surface area (Å²) < 4.78 is 5.39. The molecular weight excluding hydrogens is 330 g/mol. The van der Waals surface area contributed by atoms with E-state index in [1.54, 1.807) is 17.8 Å². The summed E-state index contributed by atoms with van der Waals surface area (Å²) in [5.41, 5.74) is 3.85. The molecule has 130 valence electrons. The predicted octanol–water partition coefficient (Wildman–Crippen LogP) is 4.71. The Morgan fingerprint density at radius 3 is 2.40 bits per heavy atom. The summed E-state index contributed by atoms with van der Waals surface area (Å²) in [5, 5.41) is 1.02. The van der Waals surface area contributed by atoms with Gasteiger partial charge in [-0.05, 0) is 54.6 Å². The first-order valence-corrected chi connectivity index (χ1v) is 9.68. The topological polar surface area (TPSA) is 33.5 Å². The van der Waals surface area contributed by atoms with Gasteiger partial charge in [-0.15, -0.1) is 11.8 Å². The lowest BCUT2D eigenvalue weighted by Gasteiger charge is -2.18. The fraction of sp³-hybridized carbons (Fsp3) is 0.286. The monoisotopic (exact) mass is 353 g/mol. The van der Waals surface area contributed by atoms with E-state index in [1.165, 1.54) is 16.0 Å². The van der Waals surface area contributed by atoms with Crippen molar-refractivity contribution in [3.8, 4) is 0 Å². The summed E-state index contributed by atoms with van der Waals surface area (Å²) in [6.45, 7) is 3.64. The first-order chi connectivity index (χ1) is 12.1. The van der Waals surface area contributed by atoms with Crippen LogP contribution < -0.4 is 5.63 Å². The molecule has 0 aliphatic carbocycles.